The SMILES string of the molecule is CSC(=O)C=C[C@H]1[C@@H](C(=O)OC(C#N)c2cccc(Oc3ccccc3)c2)C1(C)C. The number of nitrogens with zero attached hydrogens (tertiary/aromatic N) is 1. The molecule has 6 heteroatoms. The van der Waals surface area contributed by atoms with Gasteiger partial charge in [0.05, 0.1) is 5.92 Å². The number of benzene rings is 2. The molecule has 2 aromatic rings. The van der Waals surface area contributed by atoms with Gasteiger partial charge in [0.1, 0.15) is 17.6 Å². The Bertz CT molecular complexity index is 994. The highest BCUT2D eigenvalue weighted by Crippen LogP contribution is 2.59. The number of rotatable bonds is 7. The van der Waals surface area contributed by atoms with Crippen molar-refractivity contribution in [1.82, 2.24) is 0 Å². The first-order chi connectivity index (χ1) is 14.4. The molecule has 5 nitrogen and oxygen atoms in total. The fraction of sp³-hybridized carbons (Fsp3) is 0.292. The molecule has 1 fully saturated rings. The summed E-state index contributed by atoms with van der Waals surface area (Å²) >= 11 is 1.12. The molecular formula is C24H23NO4S. The van der Waals surface area contributed by atoms with E-state index in [4.69, 9.17) is 9.47 Å². The van der Waals surface area contributed by atoms with Crippen LogP contribution in [0.2, 0.25) is 0 Å². The van der Waals surface area contributed by atoms with Crippen molar-refractivity contribution in [3.05, 3.63) is 72.3 Å². The zero-order valence-electron chi connectivity index (χ0n) is 17.1. The lowest BCUT2D eigenvalue weighted by atomic mass is 10.1. The number of para-hydroxylation sites is 1. The van der Waals surface area contributed by atoms with E-state index in [1.165, 1.54) is 6.08 Å². The first kappa shape index (κ1) is 21.7. The maximum absolute atomic E-state index is 12.7. The number of hydrogen-bond donors (Lipinski definition) is 0. The van der Waals surface area contributed by atoms with Gasteiger partial charge in [-0.3, -0.25) is 9.59 Å². The van der Waals surface area contributed by atoms with Gasteiger partial charge in [-0.15, -0.1) is 0 Å². The molecule has 0 aromatic heterocycles. The van der Waals surface area contributed by atoms with Gasteiger partial charge >= 0.3 is 5.97 Å². The third-order valence-electron chi connectivity index (χ3n) is 5.30. The van der Waals surface area contributed by atoms with Crippen molar-refractivity contribution in [3.8, 4) is 17.6 Å². The van der Waals surface area contributed by atoms with E-state index < -0.39 is 12.1 Å². The van der Waals surface area contributed by atoms with Gasteiger partial charge in [0.25, 0.3) is 0 Å². The number of carbonyl (C=O) groups is 2. The summed E-state index contributed by atoms with van der Waals surface area (Å²) in [5.74, 6) is 0.316. The first-order valence-corrected chi connectivity index (χ1v) is 10.8. The molecule has 0 amide bonds. The second-order valence-electron chi connectivity index (χ2n) is 7.64. The minimum Gasteiger partial charge on any atom is -0.457 e. The summed E-state index contributed by atoms with van der Waals surface area (Å²) in [6.07, 6.45) is 3.94. The molecule has 0 N–H and O–H groups in total. The average Bonchev–Trinajstić information content (AvgIpc) is 3.31. The molecule has 0 radical (unpaired) electrons. The van der Waals surface area contributed by atoms with Crippen LogP contribution in [0.5, 0.6) is 11.5 Å². The van der Waals surface area contributed by atoms with E-state index in [1.807, 2.05) is 44.2 Å². The third kappa shape index (κ3) is 4.92. The number of nitriles is 1. The highest BCUT2D eigenvalue weighted by Gasteiger charge is 2.61. The molecule has 1 aliphatic rings. The highest BCUT2D eigenvalue weighted by atomic mass is 32.2. The smallest absolute Gasteiger partial charge is 0.311 e. The maximum Gasteiger partial charge on any atom is 0.311 e. The Labute approximate surface area is 180 Å². The van der Waals surface area contributed by atoms with E-state index in [2.05, 4.69) is 6.07 Å². The van der Waals surface area contributed by atoms with Gasteiger partial charge in [-0.05, 0) is 47.9 Å². The Morgan fingerprint density at radius 3 is 2.50 bits per heavy atom. The van der Waals surface area contributed by atoms with E-state index >= 15 is 0 Å². The molecule has 0 bridgehead atoms. The zero-order chi connectivity index (χ0) is 21.7. The molecule has 2 aromatic carbocycles. The molecule has 0 saturated heterocycles. The van der Waals surface area contributed by atoms with Gasteiger partial charge in [-0.25, -0.2) is 0 Å². The van der Waals surface area contributed by atoms with Crippen LogP contribution < -0.4 is 4.74 Å². The van der Waals surface area contributed by atoms with Crippen molar-refractivity contribution in [3.63, 3.8) is 0 Å². The number of carbonyl (C=O) groups excluding carboxylic acids is 2. The molecule has 3 rings (SSSR count). The molecule has 0 spiro atoms. The van der Waals surface area contributed by atoms with Crippen molar-refractivity contribution in [2.45, 2.75) is 20.0 Å². The van der Waals surface area contributed by atoms with Crippen molar-refractivity contribution in [1.29, 1.82) is 5.26 Å². The number of thioether (sulfide) groups is 1. The fourth-order valence-electron chi connectivity index (χ4n) is 3.46. The third-order valence-corrected chi connectivity index (χ3v) is 5.83. The summed E-state index contributed by atoms with van der Waals surface area (Å²) in [6, 6.07) is 18.3. The summed E-state index contributed by atoms with van der Waals surface area (Å²) in [7, 11) is 0. The van der Waals surface area contributed by atoms with Gasteiger partial charge in [0.15, 0.2) is 0 Å². The van der Waals surface area contributed by atoms with Gasteiger partial charge in [0, 0.05) is 5.56 Å². The molecule has 0 aliphatic heterocycles. The first-order valence-electron chi connectivity index (χ1n) is 9.56. The van der Waals surface area contributed by atoms with Gasteiger partial charge in [-0.2, -0.15) is 5.26 Å². The lowest BCUT2D eigenvalue weighted by molar-refractivity contribution is -0.149. The molecule has 1 unspecified atom stereocenters. The van der Waals surface area contributed by atoms with Crippen LogP contribution in [-0.2, 0) is 14.3 Å². The van der Waals surface area contributed by atoms with Crippen LogP contribution in [0.15, 0.2) is 66.7 Å². The van der Waals surface area contributed by atoms with Crippen LogP contribution in [0.1, 0.15) is 25.5 Å². The van der Waals surface area contributed by atoms with Crippen LogP contribution in [0, 0.1) is 28.6 Å². The summed E-state index contributed by atoms with van der Waals surface area (Å²) in [5, 5.41) is 9.53. The molecule has 3 atom stereocenters. The normalized spacial score (nSPS) is 20.2. The van der Waals surface area contributed by atoms with E-state index in [0.29, 0.717) is 17.1 Å². The van der Waals surface area contributed by atoms with Crippen molar-refractivity contribution in [2.75, 3.05) is 6.26 Å². The van der Waals surface area contributed by atoms with Gasteiger partial charge < -0.3 is 9.47 Å². The standard InChI is InChI=1S/C24H23NO4S/c1-24(2)19(12-13-21(26)30-3)22(24)23(27)29-20(15-25)16-8-7-11-18(14-16)28-17-9-5-4-6-10-17/h4-14,19-20,22H,1-3H3/t19-,20?,22-/m0/s1. The lowest BCUT2D eigenvalue weighted by Gasteiger charge is -2.13. The van der Waals surface area contributed by atoms with Crippen molar-refractivity contribution < 1.29 is 19.1 Å². The Morgan fingerprint density at radius 2 is 1.83 bits per heavy atom. The molecule has 1 aliphatic carbocycles. The molecule has 0 heterocycles. The maximum atomic E-state index is 12.7. The number of allylic oxidation sites excluding steroid dienone is 1. The second-order valence-corrected chi connectivity index (χ2v) is 8.45. The van der Waals surface area contributed by atoms with E-state index in [0.717, 1.165) is 11.8 Å². The second kappa shape index (κ2) is 9.19. The lowest BCUT2D eigenvalue weighted by Crippen LogP contribution is -2.14. The van der Waals surface area contributed by atoms with Crippen LogP contribution in [0.3, 0.4) is 0 Å². The van der Waals surface area contributed by atoms with E-state index in [1.54, 1.807) is 36.6 Å². The number of esters is 1. The number of ether oxygens (including phenoxy) is 2. The Morgan fingerprint density at radius 1 is 1.13 bits per heavy atom. The van der Waals surface area contributed by atoms with Gasteiger partial charge in [-0.1, -0.05) is 62.0 Å². The summed E-state index contributed by atoms with van der Waals surface area (Å²) in [5.41, 5.74) is 0.229. The summed E-state index contributed by atoms with van der Waals surface area (Å²) in [4.78, 5) is 24.2. The monoisotopic (exact) mass is 421 g/mol. The van der Waals surface area contributed by atoms with E-state index in [9.17, 15) is 14.9 Å². The van der Waals surface area contributed by atoms with Crippen LogP contribution in [0.4, 0.5) is 0 Å². The highest BCUT2D eigenvalue weighted by molar-refractivity contribution is 8.13. The largest absolute Gasteiger partial charge is 0.457 e. The minimum absolute atomic E-state index is 0.0602. The predicted molar refractivity (Wildman–Crippen MR) is 116 cm³/mol. The molecule has 30 heavy (non-hydrogen) atoms. The van der Waals surface area contributed by atoms with Crippen molar-refractivity contribution in [2.24, 2.45) is 17.3 Å². The minimum atomic E-state index is -1.04. The van der Waals surface area contributed by atoms with Crippen LogP contribution >= 0.6 is 11.8 Å². The average molecular weight is 422 g/mol. The Hall–Kier alpha value is -3.04. The molecular weight excluding hydrogens is 398 g/mol. The molecule has 1 saturated carbocycles. The van der Waals surface area contributed by atoms with Crippen LogP contribution in [0.25, 0.3) is 0 Å². The zero-order valence-corrected chi connectivity index (χ0v) is 17.9. The molecule has 154 valence electrons. The topological polar surface area (TPSA) is 76.4 Å². The summed E-state index contributed by atoms with van der Waals surface area (Å²) in [6.45, 7) is 3.90. The predicted octanol–water partition coefficient (Wildman–Crippen LogP) is 5.30. The Balaban J connectivity index is 1.69. The van der Waals surface area contributed by atoms with Crippen molar-refractivity contribution >= 4 is 22.8 Å². The summed E-state index contributed by atoms with van der Waals surface area (Å²) < 4.78 is 11.3. The quantitative estimate of drug-likeness (QED) is 0.446. The van der Waals surface area contributed by atoms with E-state index in [-0.39, 0.29) is 22.4 Å². The van der Waals surface area contributed by atoms with Crippen LogP contribution in [-0.4, -0.2) is 17.3 Å². The van der Waals surface area contributed by atoms with Gasteiger partial charge in [0.2, 0.25) is 11.2 Å². The Kier molecular flexibility index (Phi) is 6.63. The number of hydrogen-bond acceptors (Lipinski definition) is 6. The fourth-order valence-corrected chi connectivity index (χ4v) is 3.68.